The Kier molecular flexibility index (Phi) is 6.63. The van der Waals surface area contributed by atoms with E-state index in [1.54, 1.807) is 0 Å². The van der Waals surface area contributed by atoms with E-state index in [2.05, 4.69) is 11.4 Å². The average molecular weight is 464 g/mol. The number of rotatable bonds is 6. The summed E-state index contributed by atoms with van der Waals surface area (Å²) in [6.45, 7) is 0.828. The van der Waals surface area contributed by atoms with Crippen molar-refractivity contribution in [1.29, 1.82) is 5.26 Å². The maximum Gasteiger partial charge on any atom is 0.226 e. The SMILES string of the molecule is CS(=O)(=O)N1CCC(CC(=O)Nc2oc(-c3ccccc3)c(-c3ccccc3)c2C#N)CC1. The molecular weight excluding hydrogens is 438 g/mol. The van der Waals surface area contributed by atoms with Gasteiger partial charge >= 0.3 is 0 Å². The van der Waals surface area contributed by atoms with Gasteiger partial charge < -0.3 is 4.42 Å². The van der Waals surface area contributed by atoms with Gasteiger partial charge in [0.25, 0.3) is 0 Å². The number of nitrogens with one attached hydrogen (secondary N) is 1. The van der Waals surface area contributed by atoms with Crippen molar-refractivity contribution in [2.75, 3.05) is 24.7 Å². The summed E-state index contributed by atoms with van der Waals surface area (Å²) < 4.78 is 30.9. The summed E-state index contributed by atoms with van der Waals surface area (Å²) in [5.41, 5.74) is 2.55. The molecule has 0 aliphatic carbocycles. The molecule has 0 saturated carbocycles. The number of hydrogen-bond acceptors (Lipinski definition) is 5. The predicted molar refractivity (Wildman–Crippen MR) is 127 cm³/mol. The molecule has 1 aliphatic rings. The van der Waals surface area contributed by atoms with Crippen LogP contribution in [0.4, 0.5) is 5.88 Å². The molecule has 4 rings (SSSR count). The molecule has 1 saturated heterocycles. The Labute approximate surface area is 193 Å². The number of carbonyl (C=O) groups excluding carboxylic acids is 1. The van der Waals surface area contributed by atoms with E-state index in [1.807, 2.05) is 60.7 Å². The van der Waals surface area contributed by atoms with E-state index in [9.17, 15) is 18.5 Å². The smallest absolute Gasteiger partial charge is 0.226 e. The second-order valence-electron chi connectivity index (χ2n) is 8.21. The third-order valence-electron chi connectivity index (χ3n) is 5.89. The fraction of sp³-hybridized carbons (Fsp3) is 0.280. The highest BCUT2D eigenvalue weighted by molar-refractivity contribution is 7.88. The van der Waals surface area contributed by atoms with Gasteiger partial charge in [0.2, 0.25) is 21.8 Å². The number of sulfonamides is 1. The Morgan fingerprint density at radius 3 is 2.18 bits per heavy atom. The van der Waals surface area contributed by atoms with Crippen LogP contribution in [-0.4, -0.2) is 38.0 Å². The number of amides is 1. The quantitative estimate of drug-likeness (QED) is 0.580. The molecule has 1 aliphatic heterocycles. The van der Waals surface area contributed by atoms with Crippen molar-refractivity contribution in [1.82, 2.24) is 4.31 Å². The molecule has 3 aromatic rings. The number of benzene rings is 2. The van der Waals surface area contributed by atoms with Gasteiger partial charge in [-0.2, -0.15) is 5.26 Å². The standard InChI is InChI=1S/C25H25N3O4S/c1-33(30,31)28-14-12-18(13-15-28)16-22(29)27-25-21(17-26)23(19-8-4-2-5-9-19)24(32-25)20-10-6-3-7-11-20/h2-11,18H,12-16H2,1H3,(H,27,29). The summed E-state index contributed by atoms with van der Waals surface area (Å²) in [6, 6.07) is 21.2. The Bertz CT molecular complexity index is 1270. The fourth-order valence-corrected chi connectivity index (χ4v) is 5.06. The van der Waals surface area contributed by atoms with Gasteiger partial charge in [0.05, 0.1) is 6.26 Å². The highest BCUT2D eigenvalue weighted by atomic mass is 32.2. The lowest BCUT2D eigenvalue weighted by Gasteiger charge is -2.29. The molecule has 1 aromatic heterocycles. The van der Waals surface area contributed by atoms with Crippen LogP contribution < -0.4 is 5.32 Å². The highest BCUT2D eigenvalue weighted by Gasteiger charge is 2.28. The Hall–Kier alpha value is -3.41. The Balaban J connectivity index is 1.58. The van der Waals surface area contributed by atoms with Gasteiger partial charge in [-0.3, -0.25) is 10.1 Å². The topological polar surface area (TPSA) is 103 Å². The van der Waals surface area contributed by atoms with E-state index < -0.39 is 10.0 Å². The van der Waals surface area contributed by atoms with Gasteiger partial charge in [-0.1, -0.05) is 60.7 Å². The molecule has 8 heteroatoms. The number of nitrogens with zero attached hydrogens (tertiary/aromatic N) is 2. The van der Waals surface area contributed by atoms with E-state index in [4.69, 9.17) is 4.42 Å². The van der Waals surface area contributed by atoms with E-state index in [0.717, 1.165) is 11.1 Å². The summed E-state index contributed by atoms with van der Waals surface area (Å²) in [5.74, 6) is 0.479. The highest BCUT2D eigenvalue weighted by Crippen LogP contribution is 2.41. The normalized spacial score (nSPS) is 15.2. The lowest BCUT2D eigenvalue weighted by molar-refractivity contribution is -0.117. The third-order valence-corrected chi connectivity index (χ3v) is 7.19. The molecule has 0 spiro atoms. The summed E-state index contributed by atoms with van der Waals surface area (Å²) in [5, 5.41) is 12.7. The minimum absolute atomic E-state index is 0.0747. The van der Waals surface area contributed by atoms with Gasteiger partial charge in [-0.25, -0.2) is 12.7 Å². The molecule has 1 N–H and O–H groups in total. The van der Waals surface area contributed by atoms with Crippen LogP contribution >= 0.6 is 0 Å². The maximum atomic E-state index is 12.8. The second-order valence-corrected chi connectivity index (χ2v) is 10.2. The summed E-state index contributed by atoms with van der Waals surface area (Å²) in [7, 11) is -3.21. The molecule has 0 radical (unpaired) electrons. The number of nitriles is 1. The molecular formula is C25H25N3O4S. The second kappa shape index (κ2) is 9.61. The third kappa shape index (κ3) is 5.16. The minimum Gasteiger partial charge on any atom is -0.438 e. The molecule has 0 bridgehead atoms. The average Bonchev–Trinajstić information content (AvgIpc) is 3.18. The van der Waals surface area contributed by atoms with Gasteiger partial charge in [0.15, 0.2) is 0 Å². The molecule has 1 amide bonds. The molecule has 2 aromatic carbocycles. The van der Waals surface area contributed by atoms with Crippen LogP contribution in [0.5, 0.6) is 0 Å². The van der Waals surface area contributed by atoms with E-state index in [0.29, 0.717) is 37.3 Å². The molecule has 1 fully saturated rings. The maximum absolute atomic E-state index is 12.8. The van der Waals surface area contributed by atoms with Crippen molar-refractivity contribution >= 4 is 21.8 Å². The Morgan fingerprint density at radius 1 is 1.06 bits per heavy atom. The monoisotopic (exact) mass is 463 g/mol. The van der Waals surface area contributed by atoms with Crippen molar-refractivity contribution in [3.63, 3.8) is 0 Å². The lowest BCUT2D eigenvalue weighted by Crippen LogP contribution is -2.38. The van der Waals surface area contributed by atoms with Crippen molar-refractivity contribution in [2.24, 2.45) is 5.92 Å². The van der Waals surface area contributed by atoms with Crippen LogP contribution in [0.3, 0.4) is 0 Å². The first kappa shape index (κ1) is 22.8. The molecule has 7 nitrogen and oxygen atoms in total. The van der Waals surface area contributed by atoms with Crippen molar-refractivity contribution in [3.8, 4) is 28.5 Å². The van der Waals surface area contributed by atoms with Crippen LogP contribution in [0, 0.1) is 17.2 Å². The predicted octanol–water partition coefficient (Wildman–Crippen LogP) is 4.49. The minimum atomic E-state index is -3.21. The molecule has 0 atom stereocenters. The summed E-state index contributed by atoms with van der Waals surface area (Å²) in [4.78, 5) is 12.8. The van der Waals surface area contributed by atoms with Gasteiger partial charge in [-0.05, 0) is 24.3 Å². The largest absolute Gasteiger partial charge is 0.438 e. The number of furan rings is 1. The van der Waals surface area contributed by atoms with Crippen molar-refractivity contribution in [3.05, 3.63) is 66.2 Å². The van der Waals surface area contributed by atoms with Gasteiger partial charge in [-0.15, -0.1) is 0 Å². The van der Waals surface area contributed by atoms with Crippen LogP contribution in [0.15, 0.2) is 65.1 Å². The summed E-state index contributed by atoms with van der Waals surface area (Å²) in [6.07, 6.45) is 2.68. The van der Waals surface area contributed by atoms with E-state index in [1.165, 1.54) is 10.6 Å². The first-order valence-corrected chi connectivity index (χ1v) is 12.6. The van der Waals surface area contributed by atoms with Crippen LogP contribution in [-0.2, 0) is 14.8 Å². The van der Waals surface area contributed by atoms with E-state index in [-0.39, 0.29) is 29.7 Å². The Morgan fingerprint density at radius 2 is 1.64 bits per heavy atom. The zero-order valence-electron chi connectivity index (χ0n) is 18.3. The van der Waals surface area contributed by atoms with Crippen LogP contribution in [0.25, 0.3) is 22.5 Å². The number of hydrogen-bond donors (Lipinski definition) is 1. The summed E-state index contributed by atoms with van der Waals surface area (Å²) >= 11 is 0. The zero-order chi connectivity index (χ0) is 23.4. The van der Waals surface area contributed by atoms with Gasteiger partial charge in [0.1, 0.15) is 17.4 Å². The number of carbonyl (C=O) groups is 1. The first-order valence-electron chi connectivity index (χ1n) is 10.8. The van der Waals surface area contributed by atoms with Crippen molar-refractivity contribution in [2.45, 2.75) is 19.3 Å². The molecule has 0 unspecified atom stereocenters. The van der Waals surface area contributed by atoms with Crippen LogP contribution in [0.1, 0.15) is 24.8 Å². The molecule has 170 valence electrons. The molecule has 2 heterocycles. The van der Waals surface area contributed by atoms with Crippen LogP contribution in [0.2, 0.25) is 0 Å². The lowest BCUT2D eigenvalue weighted by atomic mass is 9.94. The van der Waals surface area contributed by atoms with Crippen molar-refractivity contribution < 1.29 is 17.6 Å². The van der Waals surface area contributed by atoms with Gasteiger partial charge in [0, 0.05) is 30.6 Å². The fourth-order valence-electron chi connectivity index (χ4n) is 4.18. The first-order chi connectivity index (χ1) is 15.9. The van der Waals surface area contributed by atoms with E-state index >= 15 is 0 Å². The molecule has 33 heavy (non-hydrogen) atoms. The zero-order valence-corrected chi connectivity index (χ0v) is 19.1. The number of piperidine rings is 1. The number of anilines is 1.